The number of rotatable bonds is 8. The van der Waals surface area contributed by atoms with E-state index in [-0.39, 0.29) is 19.1 Å². The van der Waals surface area contributed by atoms with Crippen molar-refractivity contribution in [3.63, 3.8) is 0 Å². The predicted molar refractivity (Wildman–Crippen MR) is 111 cm³/mol. The molecule has 162 valence electrons. The number of hydrogen-bond acceptors (Lipinski definition) is 5. The van der Waals surface area contributed by atoms with Crippen molar-refractivity contribution >= 4 is 18.0 Å². The number of nitrogens with one attached hydrogen (secondary N) is 2. The zero-order valence-electron chi connectivity index (χ0n) is 16.8. The Bertz CT molecular complexity index is 971. The second-order valence-corrected chi connectivity index (χ2v) is 8.01. The van der Waals surface area contributed by atoms with Crippen LogP contribution < -0.4 is 10.6 Å². The molecule has 4 rings (SSSR count). The van der Waals surface area contributed by atoms with Crippen LogP contribution >= 0.6 is 0 Å². The van der Waals surface area contributed by atoms with Crippen molar-refractivity contribution in [2.75, 3.05) is 19.8 Å². The third kappa shape index (κ3) is 4.11. The maximum atomic E-state index is 12.4. The summed E-state index contributed by atoms with van der Waals surface area (Å²) >= 11 is 0. The largest absolute Gasteiger partial charge is 0.480 e. The van der Waals surface area contributed by atoms with E-state index in [1.54, 1.807) is 0 Å². The van der Waals surface area contributed by atoms with Gasteiger partial charge in [0.25, 0.3) is 0 Å². The Morgan fingerprint density at radius 1 is 1.03 bits per heavy atom. The van der Waals surface area contributed by atoms with Gasteiger partial charge < -0.3 is 25.6 Å². The molecule has 8 heteroatoms. The fourth-order valence-electron chi connectivity index (χ4n) is 4.02. The fraction of sp³-hybridized carbons (Fsp3) is 0.348. The molecule has 1 saturated carbocycles. The van der Waals surface area contributed by atoms with E-state index >= 15 is 0 Å². The van der Waals surface area contributed by atoms with Crippen molar-refractivity contribution in [3.05, 3.63) is 59.7 Å². The zero-order valence-corrected chi connectivity index (χ0v) is 16.8. The van der Waals surface area contributed by atoms with Crippen LogP contribution in [0.1, 0.15) is 29.9 Å². The molecule has 1 atom stereocenters. The van der Waals surface area contributed by atoms with Gasteiger partial charge in [-0.1, -0.05) is 48.5 Å². The number of carbonyl (C=O) groups excluding carboxylic acids is 2. The number of aliphatic hydroxyl groups excluding tert-OH is 1. The first-order chi connectivity index (χ1) is 14.9. The van der Waals surface area contributed by atoms with Crippen LogP contribution in [0.5, 0.6) is 0 Å². The van der Waals surface area contributed by atoms with Crippen LogP contribution in [0, 0.1) is 5.41 Å². The standard InChI is InChI=1S/C23H24N2O6/c26-11-19(20(27)28)25-21(29)23(9-10-23)13-24-22(30)31-12-18-16-7-3-1-5-14(16)15-6-2-4-8-17(15)18/h1-8,18-19,26H,9-13H2,(H,24,30)(H,25,29)(H,27,28)/t19-/m1/s1. The van der Waals surface area contributed by atoms with Crippen molar-refractivity contribution in [1.29, 1.82) is 0 Å². The number of aliphatic carboxylic acids is 1. The molecule has 2 aliphatic rings. The predicted octanol–water partition coefficient (Wildman–Crippen LogP) is 1.87. The lowest BCUT2D eigenvalue weighted by Crippen LogP contribution is -2.49. The van der Waals surface area contributed by atoms with Gasteiger partial charge in [0.2, 0.25) is 5.91 Å². The number of benzene rings is 2. The van der Waals surface area contributed by atoms with Gasteiger partial charge in [-0.15, -0.1) is 0 Å². The number of carbonyl (C=O) groups is 3. The van der Waals surface area contributed by atoms with Gasteiger partial charge in [0.15, 0.2) is 0 Å². The second-order valence-electron chi connectivity index (χ2n) is 8.01. The number of aliphatic hydroxyl groups is 1. The van der Waals surface area contributed by atoms with Crippen molar-refractivity contribution in [3.8, 4) is 11.1 Å². The Hall–Kier alpha value is -3.39. The Morgan fingerprint density at radius 2 is 1.61 bits per heavy atom. The molecular formula is C23H24N2O6. The van der Waals surface area contributed by atoms with Crippen molar-refractivity contribution < 1.29 is 29.3 Å². The molecule has 1 fully saturated rings. The Balaban J connectivity index is 1.33. The lowest BCUT2D eigenvalue weighted by molar-refractivity contribution is -0.143. The van der Waals surface area contributed by atoms with E-state index in [1.165, 1.54) is 0 Å². The van der Waals surface area contributed by atoms with Gasteiger partial charge in [-0.25, -0.2) is 9.59 Å². The minimum atomic E-state index is -1.36. The number of carboxylic acids is 1. The molecule has 0 bridgehead atoms. The number of ether oxygens (including phenoxy) is 1. The van der Waals surface area contributed by atoms with Gasteiger partial charge >= 0.3 is 12.1 Å². The first-order valence-corrected chi connectivity index (χ1v) is 10.2. The van der Waals surface area contributed by atoms with Crippen LogP contribution in [0.25, 0.3) is 11.1 Å². The number of alkyl carbamates (subject to hydrolysis) is 1. The molecule has 2 amide bonds. The highest BCUT2D eigenvalue weighted by Gasteiger charge is 2.50. The fourth-order valence-corrected chi connectivity index (χ4v) is 4.02. The minimum Gasteiger partial charge on any atom is -0.480 e. The molecule has 8 nitrogen and oxygen atoms in total. The smallest absolute Gasteiger partial charge is 0.407 e. The highest BCUT2D eigenvalue weighted by Crippen LogP contribution is 2.46. The van der Waals surface area contributed by atoms with Gasteiger partial charge in [0, 0.05) is 12.5 Å². The van der Waals surface area contributed by atoms with E-state index in [4.69, 9.17) is 14.9 Å². The lowest BCUT2D eigenvalue weighted by Gasteiger charge is -2.19. The van der Waals surface area contributed by atoms with E-state index in [0.29, 0.717) is 12.8 Å². The maximum Gasteiger partial charge on any atom is 0.407 e. The van der Waals surface area contributed by atoms with Crippen LogP contribution in [-0.2, 0) is 14.3 Å². The van der Waals surface area contributed by atoms with Crippen LogP contribution in [-0.4, -0.2) is 54.0 Å². The van der Waals surface area contributed by atoms with Crippen LogP contribution in [0.3, 0.4) is 0 Å². The number of hydrogen-bond donors (Lipinski definition) is 4. The zero-order chi connectivity index (χ0) is 22.0. The lowest BCUT2D eigenvalue weighted by atomic mass is 9.98. The van der Waals surface area contributed by atoms with E-state index in [1.807, 2.05) is 36.4 Å². The summed E-state index contributed by atoms with van der Waals surface area (Å²) in [4.78, 5) is 35.7. The topological polar surface area (TPSA) is 125 Å². The molecule has 4 N–H and O–H groups in total. The SMILES string of the molecule is O=C(NCC1(C(=O)N[C@H](CO)C(=O)O)CC1)OCC1c2ccccc2-c2ccccc21. The Kier molecular flexibility index (Phi) is 5.65. The summed E-state index contributed by atoms with van der Waals surface area (Å²) in [7, 11) is 0. The summed E-state index contributed by atoms with van der Waals surface area (Å²) in [5.74, 6) is -1.86. The molecule has 31 heavy (non-hydrogen) atoms. The molecule has 0 aromatic heterocycles. The molecule has 2 aliphatic carbocycles. The van der Waals surface area contributed by atoms with Crippen LogP contribution in [0.2, 0.25) is 0 Å². The highest BCUT2D eigenvalue weighted by molar-refractivity contribution is 5.90. The maximum absolute atomic E-state index is 12.4. The minimum absolute atomic E-state index is 0.0489. The molecule has 2 aromatic rings. The monoisotopic (exact) mass is 424 g/mol. The second kappa shape index (κ2) is 8.39. The average Bonchev–Trinajstić information content (AvgIpc) is 3.51. The van der Waals surface area contributed by atoms with Gasteiger partial charge in [-0.05, 0) is 35.1 Å². The Morgan fingerprint density at radius 3 is 2.13 bits per heavy atom. The normalized spacial score (nSPS) is 16.5. The first kappa shape index (κ1) is 20.9. The molecular weight excluding hydrogens is 400 g/mol. The van der Waals surface area contributed by atoms with E-state index in [2.05, 4.69) is 22.8 Å². The number of fused-ring (bicyclic) bond motifs is 3. The molecule has 0 saturated heterocycles. The summed E-state index contributed by atoms with van der Waals surface area (Å²) < 4.78 is 5.47. The summed E-state index contributed by atoms with van der Waals surface area (Å²) in [5, 5.41) is 23.0. The van der Waals surface area contributed by atoms with E-state index in [9.17, 15) is 14.4 Å². The number of amides is 2. The third-order valence-electron chi connectivity index (χ3n) is 6.04. The van der Waals surface area contributed by atoms with Crippen LogP contribution in [0.4, 0.5) is 4.79 Å². The molecule has 0 spiro atoms. The van der Waals surface area contributed by atoms with Crippen molar-refractivity contribution in [1.82, 2.24) is 10.6 Å². The quantitative estimate of drug-likeness (QED) is 0.513. The number of carboxylic acid groups (broad SMARTS) is 1. The molecule has 0 unspecified atom stereocenters. The molecule has 0 heterocycles. The van der Waals surface area contributed by atoms with Gasteiger partial charge in [-0.2, -0.15) is 0 Å². The first-order valence-electron chi connectivity index (χ1n) is 10.2. The van der Waals surface area contributed by atoms with E-state index < -0.39 is 36.0 Å². The van der Waals surface area contributed by atoms with E-state index in [0.717, 1.165) is 22.3 Å². The average molecular weight is 424 g/mol. The Labute approximate surface area is 179 Å². The molecule has 2 aromatic carbocycles. The van der Waals surface area contributed by atoms with Gasteiger partial charge in [0.1, 0.15) is 12.6 Å². The van der Waals surface area contributed by atoms with Gasteiger partial charge in [0.05, 0.1) is 12.0 Å². The highest BCUT2D eigenvalue weighted by atomic mass is 16.5. The summed E-state index contributed by atoms with van der Waals surface area (Å²) in [6, 6.07) is 14.7. The molecule has 0 aliphatic heterocycles. The van der Waals surface area contributed by atoms with Crippen molar-refractivity contribution in [2.45, 2.75) is 24.8 Å². The summed E-state index contributed by atoms with van der Waals surface area (Å²) in [6.07, 6.45) is 0.429. The summed E-state index contributed by atoms with van der Waals surface area (Å²) in [6.45, 7) is -0.477. The van der Waals surface area contributed by atoms with Crippen LogP contribution in [0.15, 0.2) is 48.5 Å². The molecule has 0 radical (unpaired) electrons. The van der Waals surface area contributed by atoms with Gasteiger partial charge in [-0.3, -0.25) is 4.79 Å². The third-order valence-corrected chi connectivity index (χ3v) is 6.04. The van der Waals surface area contributed by atoms with Crippen molar-refractivity contribution in [2.24, 2.45) is 5.41 Å². The summed E-state index contributed by atoms with van der Waals surface area (Å²) in [5.41, 5.74) is 3.64.